The number of nitrogens with zero attached hydrogens (tertiary/aromatic N) is 1. The number of halogens is 1. The lowest BCUT2D eigenvalue weighted by molar-refractivity contribution is -0.145. The minimum atomic E-state index is -0.617. The highest BCUT2D eigenvalue weighted by Gasteiger charge is 2.23. The van der Waals surface area contributed by atoms with Crippen LogP contribution < -0.4 is 5.32 Å². The van der Waals surface area contributed by atoms with Crippen LogP contribution in [0.2, 0.25) is 0 Å². The maximum absolute atomic E-state index is 12.2. The third-order valence-corrected chi connectivity index (χ3v) is 5.95. The molecule has 2 heterocycles. The first-order chi connectivity index (χ1) is 11.4. The maximum Gasteiger partial charge on any atom is 0.328 e. The molecule has 0 spiro atoms. The van der Waals surface area contributed by atoms with Gasteiger partial charge in [-0.05, 0) is 34.3 Å². The van der Waals surface area contributed by atoms with Gasteiger partial charge in [-0.25, -0.2) is 9.78 Å². The lowest BCUT2D eigenvalue weighted by Crippen LogP contribution is -2.43. The smallest absolute Gasteiger partial charge is 0.328 e. The molecule has 0 saturated heterocycles. The van der Waals surface area contributed by atoms with E-state index in [1.165, 1.54) is 18.4 Å². The molecule has 0 aliphatic heterocycles. The molecule has 2 aromatic rings. The highest BCUT2D eigenvalue weighted by Crippen LogP contribution is 2.32. The Morgan fingerprint density at radius 1 is 1.33 bits per heavy atom. The van der Waals surface area contributed by atoms with E-state index in [0.29, 0.717) is 12.1 Å². The summed E-state index contributed by atoms with van der Waals surface area (Å²) in [6.07, 6.45) is 0.693. The Hall–Kier alpha value is -1.25. The fourth-order valence-electron chi connectivity index (χ4n) is 2.16. The van der Waals surface area contributed by atoms with Crippen molar-refractivity contribution in [1.82, 2.24) is 10.3 Å². The van der Waals surface area contributed by atoms with Gasteiger partial charge in [0.1, 0.15) is 11.0 Å². The molecular formula is C16H19BrN2O3S2. The number of carbonyl (C=O) groups is 2. The fraction of sp³-hybridized carbons (Fsp3) is 0.438. The van der Waals surface area contributed by atoms with Crippen molar-refractivity contribution >= 4 is 50.5 Å². The van der Waals surface area contributed by atoms with Crippen LogP contribution in [0, 0.1) is 5.92 Å². The predicted octanol–water partition coefficient (Wildman–Crippen LogP) is 3.88. The molecule has 0 aliphatic rings. The van der Waals surface area contributed by atoms with Gasteiger partial charge in [0.15, 0.2) is 0 Å². The van der Waals surface area contributed by atoms with E-state index >= 15 is 0 Å². The SMILES string of the molecule is COC(=O)C(CC(C)C)NC(=O)Cc1csc(-c2cc(Br)cs2)n1. The summed E-state index contributed by atoms with van der Waals surface area (Å²) in [5, 5.41) is 7.51. The van der Waals surface area contributed by atoms with Gasteiger partial charge in [-0.3, -0.25) is 4.79 Å². The molecule has 1 N–H and O–H groups in total. The predicted molar refractivity (Wildman–Crippen MR) is 100 cm³/mol. The molecule has 1 atom stereocenters. The summed E-state index contributed by atoms with van der Waals surface area (Å²) in [4.78, 5) is 29.5. The van der Waals surface area contributed by atoms with Gasteiger partial charge in [0.2, 0.25) is 5.91 Å². The third kappa shape index (κ3) is 5.39. The Kier molecular flexibility index (Phi) is 6.94. The summed E-state index contributed by atoms with van der Waals surface area (Å²) in [6, 6.07) is 1.39. The summed E-state index contributed by atoms with van der Waals surface area (Å²) in [5.41, 5.74) is 0.699. The molecule has 0 aliphatic carbocycles. The summed E-state index contributed by atoms with van der Waals surface area (Å²) >= 11 is 6.53. The Bertz CT molecular complexity index is 712. The lowest BCUT2D eigenvalue weighted by Gasteiger charge is -2.18. The van der Waals surface area contributed by atoms with Crippen LogP contribution in [0.3, 0.4) is 0 Å². The molecule has 0 bridgehead atoms. The topological polar surface area (TPSA) is 68.3 Å². The van der Waals surface area contributed by atoms with Crippen LogP contribution in [-0.4, -0.2) is 30.0 Å². The third-order valence-electron chi connectivity index (χ3n) is 3.20. The fourth-order valence-corrected chi connectivity index (χ4v) is 4.49. The highest BCUT2D eigenvalue weighted by atomic mass is 79.9. The molecule has 0 radical (unpaired) electrons. The number of thiazole rings is 1. The van der Waals surface area contributed by atoms with Crippen molar-refractivity contribution in [1.29, 1.82) is 0 Å². The van der Waals surface area contributed by atoms with E-state index in [0.717, 1.165) is 14.4 Å². The van der Waals surface area contributed by atoms with E-state index in [2.05, 4.69) is 26.2 Å². The van der Waals surface area contributed by atoms with Gasteiger partial charge in [-0.15, -0.1) is 22.7 Å². The van der Waals surface area contributed by atoms with Gasteiger partial charge >= 0.3 is 5.97 Å². The van der Waals surface area contributed by atoms with E-state index in [1.54, 1.807) is 11.3 Å². The number of rotatable bonds is 7. The molecule has 2 rings (SSSR count). The van der Waals surface area contributed by atoms with E-state index in [1.807, 2.05) is 30.7 Å². The second-order valence-corrected chi connectivity index (χ2v) is 8.41. The number of carbonyl (C=O) groups excluding carboxylic acids is 2. The Morgan fingerprint density at radius 3 is 2.67 bits per heavy atom. The van der Waals surface area contributed by atoms with Crippen molar-refractivity contribution in [2.45, 2.75) is 32.7 Å². The van der Waals surface area contributed by atoms with Crippen LogP contribution in [0.5, 0.6) is 0 Å². The van der Waals surface area contributed by atoms with Crippen LogP contribution in [0.4, 0.5) is 0 Å². The number of thiophene rings is 1. The first kappa shape index (κ1) is 19.1. The molecule has 5 nitrogen and oxygen atoms in total. The molecule has 24 heavy (non-hydrogen) atoms. The molecular weight excluding hydrogens is 412 g/mol. The Morgan fingerprint density at radius 2 is 2.08 bits per heavy atom. The Labute approximate surface area is 157 Å². The number of amides is 1. The first-order valence-corrected chi connectivity index (χ1v) is 10.00. The van der Waals surface area contributed by atoms with Gasteiger partial charge < -0.3 is 10.1 Å². The van der Waals surface area contributed by atoms with Gasteiger partial charge in [0.05, 0.1) is 24.1 Å². The average Bonchev–Trinajstić information content (AvgIpc) is 3.14. The zero-order valence-electron chi connectivity index (χ0n) is 13.7. The van der Waals surface area contributed by atoms with Crippen molar-refractivity contribution < 1.29 is 14.3 Å². The monoisotopic (exact) mass is 430 g/mol. The number of methoxy groups -OCH3 is 1. The van der Waals surface area contributed by atoms with Crippen molar-refractivity contribution in [2.24, 2.45) is 5.92 Å². The van der Waals surface area contributed by atoms with E-state index < -0.39 is 12.0 Å². The van der Waals surface area contributed by atoms with E-state index in [4.69, 9.17) is 4.74 Å². The molecule has 2 aromatic heterocycles. The molecule has 0 aromatic carbocycles. The molecule has 1 amide bonds. The minimum Gasteiger partial charge on any atom is -0.467 e. The van der Waals surface area contributed by atoms with Crippen LogP contribution in [-0.2, 0) is 20.7 Å². The standard InChI is InChI=1S/C16H19BrN2O3S2/c1-9(2)4-12(16(21)22-3)19-14(20)6-11-8-24-15(18-11)13-5-10(17)7-23-13/h5,7-9,12H,4,6H2,1-3H3,(H,19,20). The number of hydrogen-bond donors (Lipinski definition) is 1. The Balaban J connectivity index is 1.98. The van der Waals surface area contributed by atoms with Gasteiger partial charge in [0, 0.05) is 15.2 Å². The number of ether oxygens (including phenoxy) is 1. The normalized spacial score (nSPS) is 12.2. The van der Waals surface area contributed by atoms with Gasteiger partial charge in [-0.2, -0.15) is 0 Å². The van der Waals surface area contributed by atoms with Crippen LogP contribution in [0.15, 0.2) is 21.3 Å². The summed E-state index contributed by atoms with van der Waals surface area (Å²) in [6.45, 7) is 3.99. The van der Waals surface area contributed by atoms with Crippen molar-refractivity contribution in [3.63, 3.8) is 0 Å². The summed E-state index contributed by atoms with van der Waals surface area (Å²) < 4.78 is 5.78. The highest BCUT2D eigenvalue weighted by molar-refractivity contribution is 9.10. The van der Waals surface area contributed by atoms with Crippen LogP contribution >= 0.6 is 38.6 Å². The van der Waals surface area contributed by atoms with Crippen molar-refractivity contribution in [3.8, 4) is 9.88 Å². The molecule has 8 heteroatoms. The summed E-state index contributed by atoms with van der Waals surface area (Å²) in [7, 11) is 1.33. The zero-order chi connectivity index (χ0) is 17.7. The molecule has 1 unspecified atom stereocenters. The number of esters is 1. The molecule has 130 valence electrons. The zero-order valence-corrected chi connectivity index (χ0v) is 16.9. The number of hydrogen-bond acceptors (Lipinski definition) is 6. The van der Waals surface area contributed by atoms with Gasteiger partial charge in [0.25, 0.3) is 0 Å². The van der Waals surface area contributed by atoms with E-state index in [-0.39, 0.29) is 18.2 Å². The summed E-state index contributed by atoms with van der Waals surface area (Å²) in [5.74, 6) is -0.368. The largest absolute Gasteiger partial charge is 0.467 e. The minimum absolute atomic E-state index is 0.147. The van der Waals surface area contributed by atoms with Crippen molar-refractivity contribution in [2.75, 3.05) is 7.11 Å². The number of nitrogens with one attached hydrogen (secondary N) is 1. The van der Waals surface area contributed by atoms with Crippen LogP contribution in [0.1, 0.15) is 26.0 Å². The average molecular weight is 431 g/mol. The number of aromatic nitrogens is 1. The second-order valence-electron chi connectivity index (χ2n) is 5.72. The lowest BCUT2D eigenvalue weighted by atomic mass is 10.0. The van der Waals surface area contributed by atoms with Gasteiger partial charge in [-0.1, -0.05) is 13.8 Å². The first-order valence-electron chi connectivity index (χ1n) is 7.45. The second kappa shape index (κ2) is 8.73. The van der Waals surface area contributed by atoms with Crippen LogP contribution in [0.25, 0.3) is 9.88 Å². The molecule has 0 saturated carbocycles. The quantitative estimate of drug-likeness (QED) is 0.676. The van der Waals surface area contributed by atoms with Crippen molar-refractivity contribution in [3.05, 3.63) is 27.0 Å². The molecule has 0 fully saturated rings. The van der Waals surface area contributed by atoms with E-state index in [9.17, 15) is 9.59 Å². The maximum atomic E-state index is 12.2.